The summed E-state index contributed by atoms with van der Waals surface area (Å²) in [5.41, 5.74) is 2.27. The Bertz CT molecular complexity index is 923. The van der Waals surface area contributed by atoms with Crippen molar-refractivity contribution in [2.45, 2.75) is 18.7 Å². The molecule has 0 bridgehead atoms. The Morgan fingerprint density at radius 1 is 1.17 bits per heavy atom. The summed E-state index contributed by atoms with van der Waals surface area (Å²) in [7, 11) is -2.05. The average molecular weight is 332 g/mol. The van der Waals surface area contributed by atoms with Crippen LogP contribution in [0.3, 0.4) is 0 Å². The summed E-state index contributed by atoms with van der Waals surface area (Å²) in [5.74, 6) is 0.250. The van der Waals surface area contributed by atoms with Crippen LogP contribution >= 0.6 is 0 Å². The molecule has 120 valence electrons. The monoisotopic (exact) mass is 332 g/mol. The number of anilines is 1. The van der Waals surface area contributed by atoms with Gasteiger partial charge in [0.05, 0.1) is 17.6 Å². The van der Waals surface area contributed by atoms with Crippen molar-refractivity contribution >= 4 is 15.7 Å². The molecule has 0 atom stereocenters. The van der Waals surface area contributed by atoms with Crippen LogP contribution in [0.5, 0.6) is 0 Å². The van der Waals surface area contributed by atoms with Crippen LogP contribution < -0.4 is 4.72 Å². The van der Waals surface area contributed by atoms with E-state index in [1.165, 1.54) is 6.20 Å². The van der Waals surface area contributed by atoms with Gasteiger partial charge in [-0.05, 0) is 13.8 Å². The number of sulfonamides is 1. The molecule has 0 saturated carbocycles. The van der Waals surface area contributed by atoms with E-state index in [2.05, 4.69) is 15.0 Å². The van der Waals surface area contributed by atoms with Crippen LogP contribution in [0.15, 0.2) is 45.9 Å². The highest BCUT2D eigenvalue weighted by Crippen LogP contribution is 2.30. The highest BCUT2D eigenvalue weighted by molar-refractivity contribution is 7.92. The molecule has 0 radical (unpaired) electrons. The summed E-state index contributed by atoms with van der Waals surface area (Å²) >= 11 is 0. The van der Waals surface area contributed by atoms with Crippen LogP contribution in [-0.2, 0) is 17.1 Å². The van der Waals surface area contributed by atoms with E-state index in [4.69, 9.17) is 4.52 Å². The maximum Gasteiger partial charge on any atom is 0.267 e. The molecule has 0 unspecified atom stereocenters. The molecule has 2 heterocycles. The second-order valence-electron chi connectivity index (χ2n) is 5.16. The van der Waals surface area contributed by atoms with E-state index in [-0.39, 0.29) is 10.7 Å². The lowest BCUT2D eigenvalue weighted by molar-refractivity contribution is 0.390. The van der Waals surface area contributed by atoms with Crippen molar-refractivity contribution in [2.75, 3.05) is 4.72 Å². The lowest BCUT2D eigenvalue weighted by Gasteiger charge is -2.09. The minimum atomic E-state index is -3.81. The van der Waals surface area contributed by atoms with Gasteiger partial charge < -0.3 is 4.52 Å². The summed E-state index contributed by atoms with van der Waals surface area (Å²) < 4.78 is 34.5. The maximum atomic E-state index is 12.6. The van der Waals surface area contributed by atoms with E-state index in [0.717, 1.165) is 5.56 Å². The smallest absolute Gasteiger partial charge is 0.267 e. The molecule has 0 amide bonds. The average Bonchev–Trinajstić information content (AvgIpc) is 3.02. The Morgan fingerprint density at radius 3 is 2.48 bits per heavy atom. The third-order valence-corrected chi connectivity index (χ3v) is 5.08. The maximum absolute atomic E-state index is 12.6. The van der Waals surface area contributed by atoms with E-state index >= 15 is 0 Å². The first kappa shape index (κ1) is 15.3. The van der Waals surface area contributed by atoms with Gasteiger partial charge in [-0.25, -0.2) is 8.42 Å². The predicted octanol–water partition coefficient (Wildman–Crippen LogP) is 2.49. The van der Waals surface area contributed by atoms with Crippen molar-refractivity contribution in [2.24, 2.45) is 7.05 Å². The Morgan fingerprint density at radius 2 is 1.87 bits per heavy atom. The third-order valence-electron chi connectivity index (χ3n) is 3.47. The summed E-state index contributed by atoms with van der Waals surface area (Å²) in [4.78, 5) is 0.0559. The van der Waals surface area contributed by atoms with Gasteiger partial charge in [0.2, 0.25) is 0 Å². The van der Waals surface area contributed by atoms with Crippen molar-refractivity contribution in [3.8, 4) is 11.3 Å². The fourth-order valence-electron chi connectivity index (χ4n) is 2.50. The van der Waals surface area contributed by atoms with Crippen molar-refractivity contribution in [3.05, 3.63) is 48.0 Å². The standard InChI is InChI=1S/C15H16N4O3S/c1-10-15(11(2)22-17-10)23(20,21)18-13-9-16-19(3)14(13)12-7-5-4-6-8-12/h4-9,18H,1-3H3. The first-order valence-electron chi connectivity index (χ1n) is 6.93. The molecular formula is C15H16N4O3S. The fourth-order valence-corrected chi connectivity index (χ4v) is 3.89. The van der Waals surface area contributed by atoms with E-state index < -0.39 is 10.0 Å². The molecule has 0 spiro atoms. The SMILES string of the molecule is Cc1noc(C)c1S(=O)(=O)Nc1cnn(C)c1-c1ccccc1. The van der Waals surface area contributed by atoms with Crippen molar-refractivity contribution in [1.82, 2.24) is 14.9 Å². The minimum absolute atomic E-state index is 0.0559. The summed E-state index contributed by atoms with van der Waals surface area (Å²) in [6.45, 7) is 3.16. The number of aryl methyl sites for hydroxylation is 3. The second kappa shape index (κ2) is 5.54. The van der Waals surface area contributed by atoms with Crippen molar-refractivity contribution in [3.63, 3.8) is 0 Å². The number of hydrogen-bond donors (Lipinski definition) is 1. The van der Waals surface area contributed by atoms with Gasteiger partial charge in [-0.1, -0.05) is 35.5 Å². The molecule has 3 rings (SSSR count). The highest BCUT2D eigenvalue weighted by atomic mass is 32.2. The Labute approximate surface area is 134 Å². The number of rotatable bonds is 4. The fraction of sp³-hybridized carbons (Fsp3) is 0.200. The van der Waals surface area contributed by atoms with Gasteiger partial charge >= 0.3 is 0 Å². The molecule has 23 heavy (non-hydrogen) atoms. The van der Waals surface area contributed by atoms with E-state index in [1.54, 1.807) is 25.6 Å². The number of nitrogens with zero attached hydrogens (tertiary/aromatic N) is 3. The minimum Gasteiger partial charge on any atom is -0.360 e. The van der Waals surface area contributed by atoms with E-state index in [0.29, 0.717) is 17.1 Å². The highest BCUT2D eigenvalue weighted by Gasteiger charge is 2.26. The lowest BCUT2D eigenvalue weighted by atomic mass is 10.1. The van der Waals surface area contributed by atoms with Gasteiger partial charge in [0.15, 0.2) is 10.7 Å². The van der Waals surface area contributed by atoms with Gasteiger partial charge in [-0.3, -0.25) is 9.40 Å². The Kier molecular flexibility index (Phi) is 3.69. The molecule has 2 aromatic heterocycles. The van der Waals surface area contributed by atoms with Gasteiger partial charge in [0.1, 0.15) is 5.69 Å². The largest absolute Gasteiger partial charge is 0.360 e. The molecule has 0 fully saturated rings. The summed E-state index contributed by atoms with van der Waals surface area (Å²) in [6, 6.07) is 9.45. The van der Waals surface area contributed by atoms with Crippen LogP contribution in [0.1, 0.15) is 11.5 Å². The van der Waals surface area contributed by atoms with Crippen LogP contribution in [0.2, 0.25) is 0 Å². The zero-order valence-corrected chi connectivity index (χ0v) is 13.8. The van der Waals surface area contributed by atoms with Crippen LogP contribution in [0.4, 0.5) is 5.69 Å². The zero-order valence-electron chi connectivity index (χ0n) is 12.9. The molecule has 1 aromatic carbocycles. The molecule has 0 saturated heterocycles. The number of hydrogen-bond acceptors (Lipinski definition) is 5. The van der Waals surface area contributed by atoms with E-state index in [1.807, 2.05) is 30.3 Å². The number of benzene rings is 1. The molecule has 0 aliphatic rings. The summed E-state index contributed by atoms with van der Waals surface area (Å²) in [6.07, 6.45) is 1.48. The lowest BCUT2D eigenvalue weighted by Crippen LogP contribution is -2.15. The molecule has 7 nitrogen and oxygen atoms in total. The van der Waals surface area contributed by atoms with E-state index in [9.17, 15) is 8.42 Å². The quantitative estimate of drug-likeness (QED) is 0.793. The van der Waals surface area contributed by atoms with Gasteiger partial charge in [0.25, 0.3) is 10.0 Å². The number of nitrogens with one attached hydrogen (secondary N) is 1. The molecule has 3 aromatic rings. The van der Waals surface area contributed by atoms with Crippen LogP contribution in [0, 0.1) is 13.8 Å². The topological polar surface area (TPSA) is 90.0 Å². The zero-order chi connectivity index (χ0) is 16.6. The Balaban J connectivity index is 2.05. The van der Waals surface area contributed by atoms with Gasteiger partial charge in [-0.2, -0.15) is 5.10 Å². The summed E-state index contributed by atoms with van der Waals surface area (Å²) in [5, 5.41) is 7.85. The molecular weight excluding hydrogens is 316 g/mol. The van der Waals surface area contributed by atoms with Crippen LogP contribution in [0.25, 0.3) is 11.3 Å². The number of aromatic nitrogens is 3. The van der Waals surface area contributed by atoms with Crippen LogP contribution in [-0.4, -0.2) is 23.4 Å². The first-order chi connectivity index (χ1) is 10.9. The normalized spacial score (nSPS) is 11.6. The Hall–Kier alpha value is -2.61. The molecule has 1 N–H and O–H groups in total. The molecule has 0 aliphatic carbocycles. The molecule has 8 heteroatoms. The van der Waals surface area contributed by atoms with Gasteiger partial charge in [-0.15, -0.1) is 0 Å². The van der Waals surface area contributed by atoms with Gasteiger partial charge in [0, 0.05) is 12.6 Å². The second-order valence-corrected chi connectivity index (χ2v) is 6.77. The third kappa shape index (κ3) is 2.72. The first-order valence-corrected chi connectivity index (χ1v) is 8.41. The predicted molar refractivity (Wildman–Crippen MR) is 85.4 cm³/mol. The molecule has 0 aliphatic heterocycles. The van der Waals surface area contributed by atoms with Crippen molar-refractivity contribution < 1.29 is 12.9 Å². The van der Waals surface area contributed by atoms with Crippen molar-refractivity contribution in [1.29, 1.82) is 0 Å².